The number of halogens is 3. The number of benzene rings is 1. The lowest BCUT2D eigenvalue weighted by molar-refractivity contribution is 0.391. The lowest BCUT2D eigenvalue weighted by Crippen LogP contribution is -2.39. The largest absolute Gasteiger partial charge is 0.326 e. The molecule has 0 radical (unpaired) electrons. The summed E-state index contributed by atoms with van der Waals surface area (Å²) in [7, 11) is 0. The molecule has 4 nitrogen and oxygen atoms in total. The highest BCUT2D eigenvalue weighted by atomic mass is 19.2. The van der Waals surface area contributed by atoms with Crippen LogP contribution in [0.3, 0.4) is 0 Å². The van der Waals surface area contributed by atoms with Gasteiger partial charge in [0.1, 0.15) is 17.2 Å². The number of imidazole rings is 1. The van der Waals surface area contributed by atoms with E-state index in [1.807, 2.05) is 17.6 Å². The fraction of sp³-hybridized carbons (Fsp3) is 0.294. The second-order valence-corrected chi connectivity index (χ2v) is 6.22. The Morgan fingerprint density at radius 3 is 2.67 bits per heavy atom. The Labute approximate surface area is 136 Å². The van der Waals surface area contributed by atoms with Gasteiger partial charge in [0.15, 0.2) is 11.6 Å². The molecule has 1 aliphatic heterocycles. The van der Waals surface area contributed by atoms with Crippen molar-refractivity contribution in [2.75, 3.05) is 0 Å². The Hall–Kier alpha value is -2.41. The van der Waals surface area contributed by atoms with Crippen LogP contribution in [0.1, 0.15) is 23.0 Å². The molecule has 2 aromatic heterocycles. The predicted molar refractivity (Wildman–Crippen MR) is 83.0 cm³/mol. The summed E-state index contributed by atoms with van der Waals surface area (Å²) >= 11 is 0. The number of hydrogen-bond donors (Lipinski definition) is 1. The second-order valence-electron chi connectivity index (χ2n) is 6.22. The van der Waals surface area contributed by atoms with Crippen LogP contribution in [0.4, 0.5) is 13.2 Å². The summed E-state index contributed by atoms with van der Waals surface area (Å²) in [5, 5.41) is 0. The number of pyridine rings is 1. The maximum Gasteiger partial charge on any atom is 0.161 e. The lowest BCUT2D eigenvalue weighted by atomic mass is 9.86. The molecule has 1 aliphatic rings. The SMILES string of the molecule is Cc1cc2c(cn1)nc1n2C[C@H](N)[C@@H](c2cc(F)c(F)cc2F)C1. The summed E-state index contributed by atoms with van der Waals surface area (Å²) in [5.41, 5.74) is 8.86. The van der Waals surface area contributed by atoms with E-state index in [-0.39, 0.29) is 5.56 Å². The summed E-state index contributed by atoms with van der Waals surface area (Å²) in [6.45, 7) is 2.32. The standard InChI is InChI=1S/C17H15F3N4/c1-8-2-16-15(6-22-8)23-17-4-10(14(21)7-24(16)17)9-3-12(19)13(20)5-11(9)18/h2-3,5-6,10,14H,4,7,21H2,1H3/t10-,14+/m1/s1. The molecular formula is C17H15F3N4. The van der Waals surface area contributed by atoms with E-state index in [0.29, 0.717) is 19.0 Å². The van der Waals surface area contributed by atoms with Gasteiger partial charge in [-0.15, -0.1) is 0 Å². The van der Waals surface area contributed by atoms with E-state index in [4.69, 9.17) is 5.73 Å². The molecule has 124 valence electrons. The minimum atomic E-state index is -1.20. The molecule has 3 heterocycles. The van der Waals surface area contributed by atoms with Crippen molar-refractivity contribution in [1.29, 1.82) is 0 Å². The Kier molecular flexibility index (Phi) is 3.35. The van der Waals surface area contributed by atoms with Crippen LogP contribution in [-0.2, 0) is 13.0 Å². The van der Waals surface area contributed by atoms with E-state index < -0.39 is 29.4 Å². The van der Waals surface area contributed by atoms with Crippen LogP contribution in [-0.4, -0.2) is 20.6 Å². The second kappa shape index (κ2) is 5.31. The molecular weight excluding hydrogens is 317 g/mol. The third kappa shape index (κ3) is 2.27. The molecule has 24 heavy (non-hydrogen) atoms. The van der Waals surface area contributed by atoms with Crippen molar-refractivity contribution in [3.05, 3.63) is 58.9 Å². The quantitative estimate of drug-likeness (QED) is 0.697. The van der Waals surface area contributed by atoms with E-state index >= 15 is 0 Å². The van der Waals surface area contributed by atoms with Gasteiger partial charge < -0.3 is 10.3 Å². The number of rotatable bonds is 1. The average molecular weight is 332 g/mol. The highest BCUT2D eigenvalue weighted by molar-refractivity contribution is 5.75. The van der Waals surface area contributed by atoms with Crippen LogP contribution in [0.2, 0.25) is 0 Å². The molecule has 0 saturated heterocycles. The van der Waals surface area contributed by atoms with E-state index in [1.54, 1.807) is 6.20 Å². The van der Waals surface area contributed by atoms with Gasteiger partial charge in [-0.3, -0.25) is 4.98 Å². The Morgan fingerprint density at radius 1 is 1.12 bits per heavy atom. The van der Waals surface area contributed by atoms with Crippen LogP contribution in [0.5, 0.6) is 0 Å². The lowest BCUT2D eigenvalue weighted by Gasteiger charge is -2.30. The van der Waals surface area contributed by atoms with Crippen molar-refractivity contribution in [2.45, 2.75) is 31.8 Å². The molecule has 0 spiro atoms. The van der Waals surface area contributed by atoms with Gasteiger partial charge in [0, 0.05) is 36.7 Å². The topological polar surface area (TPSA) is 56.7 Å². The molecule has 0 unspecified atom stereocenters. The molecule has 0 fully saturated rings. The maximum atomic E-state index is 14.1. The molecule has 0 bridgehead atoms. The van der Waals surface area contributed by atoms with E-state index in [1.165, 1.54) is 0 Å². The number of nitrogens with zero attached hydrogens (tertiary/aromatic N) is 3. The van der Waals surface area contributed by atoms with Crippen molar-refractivity contribution < 1.29 is 13.2 Å². The normalized spacial score (nSPS) is 20.4. The van der Waals surface area contributed by atoms with Gasteiger partial charge in [-0.2, -0.15) is 0 Å². The zero-order chi connectivity index (χ0) is 17.0. The number of aryl methyl sites for hydroxylation is 1. The van der Waals surface area contributed by atoms with Crippen molar-refractivity contribution in [3.63, 3.8) is 0 Å². The van der Waals surface area contributed by atoms with Crippen LogP contribution in [0.15, 0.2) is 24.4 Å². The molecule has 1 aromatic carbocycles. The summed E-state index contributed by atoms with van der Waals surface area (Å²) in [6, 6.07) is 2.97. The monoisotopic (exact) mass is 332 g/mol. The third-order valence-electron chi connectivity index (χ3n) is 4.60. The highest BCUT2D eigenvalue weighted by Crippen LogP contribution is 2.33. The van der Waals surface area contributed by atoms with Crippen LogP contribution >= 0.6 is 0 Å². The zero-order valence-electron chi connectivity index (χ0n) is 12.9. The molecule has 2 atom stereocenters. The smallest absolute Gasteiger partial charge is 0.161 e. The van der Waals surface area contributed by atoms with Crippen molar-refractivity contribution >= 4 is 11.0 Å². The summed E-state index contributed by atoms with van der Waals surface area (Å²) in [6.07, 6.45) is 2.05. The first kappa shape index (κ1) is 15.1. The van der Waals surface area contributed by atoms with E-state index in [0.717, 1.165) is 28.6 Å². The fourth-order valence-electron chi connectivity index (χ4n) is 3.39. The Bertz CT molecular complexity index is 951. The maximum absolute atomic E-state index is 14.1. The molecule has 0 aliphatic carbocycles. The Balaban J connectivity index is 1.80. The van der Waals surface area contributed by atoms with Gasteiger partial charge in [0.05, 0.1) is 11.7 Å². The molecule has 3 aromatic rings. The molecule has 4 rings (SSSR count). The third-order valence-corrected chi connectivity index (χ3v) is 4.60. The summed E-state index contributed by atoms with van der Waals surface area (Å²) < 4.78 is 42.8. The zero-order valence-corrected chi connectivity index (χ0v) is 12.9. The predicted octanol–water partition coefficient (Wildman–Crippen LogP) is 2.82. The number of fused-ring (bicyclic) bond motifs is 3. The number of nitrogens with two attached hydrogens (primary N) is 1. The van der Waals surface area contributed by atoms with Gasteiger partial charge in [0.25, 0.3) is 0 Å². The van der Waals surface area contributed by atoms with Crippen LogP contribution in [0.25, 0.3) is 11.0 Å². The van der Waals surface area contributed by atoms with Crippen LogP contribution < -0.4 is 5.73 Å². The van der Waals surface area contributed by atoms with Gasteiger partial charge in [-0.1, -0.05) is 0 Å². The minimum absolute atomic E-state index is 0.0917. The molecule has 0 saturated carbocycles. The summed E-state index contributed by atoms with van der Waals surface area (Å²) in [5.74, 6) is -2.77. The van der Waals surface area contributed by atoms with Crippen molar-refractivity contribution in [2.24, 2.45) is 5.73 Å². The molecule has 2 N–H and O–H groups in total. The van der Waals surface area contributed by atoms with Gasteiger partial charge in [-0.25, -0.2) is 18.2 Å². The minimum Gasteiger partial charge on any atom is -0.326 e. The van der Waals surface area contributed by atoms with Gasteiger partial charge in [0.2, 0.25) is 0 Å². The van der Waals surface area contributed by atoms with Crippen molar-refractivity contribution in [1.82, 2.24) is 14.5 Å². The van der Waals surface area contributed by atoms with E-state index in [9.17, 15) is 13.2 Å². The fourth-order valence-corrected chi connectivity index (χ4v) is 3.39. The Morgan fingerprint density at radius 2 is 1.88 bits per heavy atom. The first-order chi connectivity index (χ1) is 11.4. The average Bonchev–Trinajstić information content (AvgIpc) is 2.87. The summed E-state index contributed by atoms with van der Waals surface area (Å²) in [4.78, 5) is 8.75. The van der Waals surface area contributed by atoms with Crippen LogP contribution in [0, 0.1) is 24.4 Å². The first-order valence-corrected chi connectivity index (χ1v) is 7.66. The van der Waals surface area contributed by atoms with Crippen molar-refractivity contribution in [3.8, 4) is 0 Å². The van der Waals surface area contributed by atoms with E-state index in [2.05, 4.69) is 9.97 Å². The number of aromatic nitrogens is 3. The van der Waals surface area contributed by atoms with Gasteiger partial charge >= 0.3 is 0 Å². The highest BCUT2D eigenvalue weighted by Gasteiger charge is 2.32. The molecule has 7 heteroatoms. The number of hydrogen-bond acceptors (Lipinski definition) is 3. The first-order valence-electron chi connectivity index (χ1n) is 7.66. The van der Waals surface area contributed by atoms with Gasteiger partial charge in [-0.05, 0) is 24.6 Å². The molecule has 0 amide bonds.